The van der Waals surface area contributed by atoms with Crippen LogP contribution in [0, 0.1) is 0 Å². The number of rotatable bonds is 5. The predicted octanol–water partition coefficient (Wildman–Crippen LogP) is 0.531. The van der Waals surface area contributed by atoms with Crippen LogP contribution >= 0.6 is 0 Å². The summed E-state index contributed by atoms with van der Waals surface area (Å²) < 4.78 is 1.89. The maximum Gasteiger partial charge on any atom is 0.140 e. The van der Waals surface area contributed by atoms with Gasteiger partial charge in [-0.3, -0.25) is 9.58 Å². The van der Waals surface area contributed by atoms with Crippen molar-refractivity contribution in [1.29, 1.82) is 0 Å². The van der Waals surface area contributed by atoms with Gasteiger partial charge < -0.3 is 5.32 Å². The van der Waals surface area contributed by atoms with Crippen molar-refractivity contribution in [2.75, 3.05) is 13.1 Å². The van der Waals surface area contributed by atoms with Crippen molar-refractivity contribution in [3.8, 4) is 0 Å². The molecule has 0 amide bonds. The second-order valence-electron chi connectivity index (χ2n) is 5.25. The fourth-order valence-corrected chi connectivity index (χ4v) is 2.62. The lowest BCUT2D eigenvalue weighted by Gasteiger charge is -2.24. The van der Waals surface area contributed by atoms with E-state index in [0.29, 0.717) is 6.04 Å². The second-order valence-corrected chi connectivity index (χ2v) is 5.25. The Kier molecular flexibility index (Phi) is 3.11. The molecule has 1 aliphatic carbocycles. The van der Waals surface area contributed by atoms with Crippen molar-refractivity contribution in [2.45, 2.75) is 44.3 Å². The minimum absolute atomic E-state index is 0.684. The Balaban J connectivity index is 1.61. The first kappa shape index (κ1) is 11.2. The van der Waals surface area contributed by atoms with Gasteiger partial charge in [0.2, 0.25) is 0 Å². The minimum Gasteiger partial charge on any atom is -0.313 e. The van der Waals surface area contributed by atoms with E-state index in [0.717, 1.165) is 25.0 Å². The van der Waals surface area contributed by atoms with E-state index in [4.69, 9.17) is 0 Å². The van der Waals surface area contributed by atoms with Gasteiger partial charge in [0.05, 0.1) is 6.54 Å². The van der Waals surface area contributed by atoms with E-state index in [1.165, 1.54) is 32.2 Å². The van der Waals surface area contributed by atoms with Gasteiger partial charge in [-0.1, -0.05) is 0 Å². The molecule has 5 heteroatoms. The fourth-order valence-electron chi connectivity index (χ4n) is 2.62. The standard InChI is InChI=1S/C12H21N5/c1-16-12(14-9-15-16)8-17(11-4-5-11)7-10-3-2-6-13-10/h9-11,13H,2-8H2,1H3. The Morgan fingerprint density at radius 3 is 2.94 bits per heavy atom. The van der Waals surface area contributed by atoms with Gasteiger partial charge in [0.25, 0.3) is 0 Å². The van der Waals surface area contributed by atoms with Crippen molar-refractivity contribution in [3.05, 3.63) is 12.2 Å². The lowest BCUT2D eigenvalue weighted by Crippen LogP contribution is -2.38. The second kappa shape index (κ2) is 4.74. The summed E-state index contributed by atoms with van der Waals surface area (Å²) in [6.07, 6.45) is 7.00. The zero-order valence-electron chi connectivity index (χ0n) is 10.5. The lowest BCUT2D eigenvalue weighted by molar-refractivity contribution is 0.223. The summed E-state index contributed by atoms with van der Waals surface area (Å²) in [5.41, 5.74) is 0. The molecule has 2 heterocycles. The summed E-state index contributed by atoms with van der Waals surface area (Å²) in [5.74, 6) is 1.08. The van der Waals surface area contributed by atoms with Crippen LogP contribution < -0.4 is 5.32 Å². The molecule has 2 aliphatic rings. The number of hydrogen-bond donors (Lipinski definition) is 1. The van der Waals surface area contributed by atoms with Gasteiger partial charge in [-0.05, 0) is 32.2 Å². The average Bonchev–Trinajstić information content (AvgIpc) is 2.91. The maximum absolute atomic E-state index is 4.33. The Labute approximate surface area is 102 Å². The molecule has 0 bridgehead atoms. The summed E-state index contributed by atoms with van der Waals surface area (Å²) in [6, 6.07) is 1.47. The van der Waals surface area contributed by atoms with Crippen LogP contribution in [0.1, 0.15) is 31.5 Å². The topological polar surface area (TPSA) is 46.0 Å². The highest BCUT2D eigenvalue weighted by Gasteiger charge is 2.31. The van der Waals surface area contributed by atoms with Crippen LogP contribution in [0.25, 0.3) is 0 Å². The maximum atomic E-state index is 4.33. The van der Waals surface area contributed by atoms with Gasteiger partial charge in [0, 0.05) is 25.7 Å². The summed E-state index contributed by atoms with van der Waals surface area (Å²) in [6.45, 7) is 3.30. The van der Waals surface area contributed by atoms with E-state index in [2.05, 4.69) is 20.3 Å². The van der Waals surface area contributed by atoms with Gasteiger partial charge in [-0.2, -0.15) is 5.10 Å². The van der Waals surface area contributed by atoms with Gasteiger partial charge in [0.15, 0.2) is 0 Å². The molecule has 0 radical (unpaired) electrons. The van der Waals surface area contributed by atoms with Gasteiger partial charge in [0.1, 0.15) is 12.2 Å². The van der Waals surface area contributed by atoms with Crippen molar-refractivity contribution in [1.82, 2.24) is 25.0 Å². The number of nitrogens with zero attached hydrogens (tertiary/aromatic N) is 4. The van der Waals surface area contributed by atoms with Crippen LogP contribution in [0.5, 0.6) is 0 Å². The van der Waals surface area contributed by atoms with Crippen LogP contribution in [-0.2, 0) is 13.6 Å². The van der Waals surface area contributed by atoms with Crippen LogP contribution in [0.15, 0.2) is 6.33 Å². The molecule has 2 fully saturated rings. The summed E-state index contributed by atoms with van der Waals surface area (Å²) >= 11 is 0. The molecule has 1 saturated heterocycles. The Morgan fingerprint density at radius 1 is 1.47 bits per heavy atom. The molecule has 3 rings (SSSR count). The van der Waals surface area contributed by atoms with Crippen LogP contribution in [0.2, 0.25) is 0 Å². The molecule has 1 aromatic rings. The molecule has 1 unspecified atom stereocenters. The monoisotopic (exact) mass is 235 g/mol. The van der Waals surface area contributed by atoms with Crippen molar-refractivity contribution in [2.24, 2.45) is 7.05 Å². The zero-order valence-corrected chi connectivity index (χ0v) is 10.5. The molecular weight excluding hydrogens is 214 g/mol. The predicted molar refractivity (Wildman–Crippen MR) is 65.5 cm³/mol. The molecule has 0 spiro atoms. The molecule has 1 aliphatic heterocycles. The third kappa shape index (κ3) is 2.66. The molecular formula is C12H21N5. The van der Waals surface area contributed by atoms with Crippen molar-refractivity contribution >= 4 is 0 Å². The van der Waals surface area contributed by atoms with Gasteiger partial charge in [-0.15, -0.1) is 0 Å². The Bertz CT molecular complexity index is 365. The highest BCUT2D eigenvalue weighted by atomic mass is 15.3. The van der Waals surface area contributed by atoms with E-state index in [1.54, 1.807) is 6.33 Å². The molecule has 1 aromatic heterocycles. The lowest BCUT2D eigenvalue weighted by atomic mass is 10.2. The number of aryl methyl sites for hydroxylation is 1. The van der Waals surface area contributed by atoms with E-state index in [9.17, 15) is 0 Å². The SMILES string of the molecule is Cn1ncnc1CN(CC1CCCN1)C1CC1. The zero-order chi connectivity index (χ0) is 11.7. The third-order valence-electron chi connectivity index (χ3n) is 3.83. The quantitative estimate of drug-likeness (QED) is 0.809. The van der Waals surface area contributed by atoms with E-state index >= 15 is 0 Å². The summed E-state index contributed by atoms with van der Waals surface area (Å²) in [7, 11) is 1.97. The number of aromatic nitrogens is 3. The first-order valence-electron chi connectivity index (χ1n) is 6.63. The smallest absolute Gasteiger partial charge is 0.140 e. The summed E-state index contributed by atoms with van der Waals surface area (Å²) in [5, 5.41) is 7.72. The first-order chi connectivity index (χ1) is 8.33. The first-order valence-corrected chi connectivity index (χ1v) is 6.63. The molecule has 94 valence electrons. The van der Waals surface area contributed by atoms with Crippen LogP contribution in [0.4, 0.5) is 0 Å². The van der Waals surface area contributed by atoms with Gasteiger partial charge in [-0.25, -0.2) is 4.98 Å². The van der Waals surface area contributed by atoms with E-state index in [1.807, 2.05) is 11.7 Å². The number of hydrogen-bond acceptors (Lipinski definition) is 4. The molecule has 0 aromatic carbocycles. The number of nitrogens with one attached hydrogen (secondary N) is 1. The highest BCUT2D eigenvalue weighted by molar-refractivity contribution is 4.93. The Morgan fingerprint density at radius 2 is 2.35 bits per heavy atom. The molecule has 17 heavy (non-hydrogen) atoms. The van der Waals surface area contributed by atoms with Crippen molar-refractivity contribution in [3.63, 3.8) is 0 Å². The Hall–Kier alpha value is -0.940. The van der Waals surface area contributed by atoms with Gasteiger partial charge >= 0.3 is 0 Å². The molecule has 5 nitrogen and oxygen atoms in total. The normalized spacial score (nSPS) is 24.7. The van der Waals surface area contributed by atoms with E-state index in [-0.39, 0.29) is 0 Å². The minimum atomic E-state index is 0.684. The third-order valence-corrected chi connectivity index (χ3v) is 3.83. The van der Waals surface area contributed by atoms with Crippen LogP contribution in [-0.4, -0.2) is 44.8 Å². The van der Waals surface area contributed by atoms with E-state index < -0.39 is 0 Å². The molecule has 1 N–H and O–H groups in total. The molecule has 1 saturated carbocycles. The molecule has 1 atom stereocenters. The average molecular weight is 235 g/mol. The van der Waals surface area contributed by atoms with Crippen LogP contribution in [0.3, 0.4) is 0 Å². The highest BCUT2D eigenvalue weighted by Crippen LogP contribution is 2.28. The largest absolute Gasteiger partial charge is 0.313 e. The summed E-state index contributed by atoms with van der Waals surface area (Å²) in [4.78, 5) is 6.91. The van der Waals surface area contributed by atoms with Crippen molar-refractivity contribution < 1.29 is 0 Å². The fraction of sp³-hybridized carbons (Fsp3) is 0.833.